The first-order valence-electron chi connectivity index (χ1n) is 25.3. The Kier molecular flexibility index (Phi) is 10.4. The molecule has 0 bridgehead atoms. The van der Waals surface area contributed by atoms with Crippen LogP contribution in [0.25, 0.3) is 64.6 Å². The van der Waals surface area contributed by atoms with Gasteiger partial charge in [0.05, 0.1) is 0 Å². The molecule has 11 aromatic rings. The summed E-state index contributed by atoms with van der Waals surface area (Å²) in [7, 11) is 0. The Morgan fingerprint density at radius 3 is 0.824 bits per heavy atom. The van der Waals surface area contributed by atoms with Gasteiger partial charge in [0.2, 0.25) is 0 Å². The number of rotatable bonds is 8. The zero-order valence-electron chi connectivity index (χ0n) is 38.8. The molecule has 0 aliphatic heterocycles. The third-order valence-corrected chi connectivity index (χ3v) is 15.7. The van der Waals surface area contributed by atoms with Crippen molar-refractivity contribution in [3.8, 4) is 0 Å². The van der Waals surface area contributed by atoms with Gasteiger partial charge in [-0.05, 0) is 186 Å². The second-order valence-corrected chi connectivity index (χ2v) is 19.8. The molecule has 11 aromatic carbocycles. The average molecular weight is 877 g/mol. The lowest BCUT2D eigenvalue weighted by molar-refractivity contribution is 0.445. The fourth-order valence-electron chi connectivity index (χ4n) is 12.4. The first-order valence-corrected chi connectivity index (χ1v) is 25.3. The molecule has 13 rings (SSSR count). The molecule has 68 heavy (non-hydrogen) atoms. The fourth-order valence-corrected chi connectivity index (χ4v) is 12.4. The van der Waals surface area contributed by atoms with E-state index in [4.69, 9.17) is 0 Å². The van der Waals surface area contributed by atoms with Crippen LogP contribution in [0.2, 0.25) is 0 Å². The van der Waals surface area contributed by atoms with Crippen LogP contribution < -0.4 is 9.80 Å². The Balaban J connectivity index is 1.08. The van der Waals surface area contributed by atoms with Gasteiger partial charge in [0.1, 0.15) is 0 Å². The predicted molar refractivity (Wildman–Crippen MR) is 292 cm³/mol. The number of anilines is 6. The minimum atomic E-state index is 0.476. The molecule has 2 heteroatoms. The SMILES string of the molecule is c1ccc2cc(N(c3ccc4ccccc4c3)c3ccc4c(C5CCCCC5)c5ccc(N(c6ccc7ccccc7c6)c6ccc7ccccc7c6)cc5c(C5CCCCC5)c4c3)ccc2c1. The van der Waals surface area contributed by atoms with Crippen molar-refractivity contribution in [1.82, 2.24) is 0 Å². The van der Waals surface area contributed by atoms with Gasteiger partial charge in [0, 0.05) is 34.1 Å². The average Bonchev–Trinajstić information content (AvgIpc) is 3.40. The number of hydrogen-bond acceptors (Lipinski definition) is 2. The monoisotopic (exact) mass is 876 g/mol. The van der Waals surface area contributed by atoms with Crippen molar-refractivity contribution in [1.29, 1.82) is 0 Å². The van der Waals surface area contributed by atoms with Crippen molar-refractivity contribution in [2.24, 2.45) is 0 Å². The number of nitrogens with zero attached hydrogens (tertiary/aromatic N) is 2. The molecule has 0 spiro atoms. The van der Waals surface area contributed by atoms with Crippen molar-refractivity contribution < 1.29 is 0 Å². The molecule has 2 aliphatic rings. The summed E-state index contributed by atoms with van der Waals surface area (Å²) in [5, 5.41) is 15.8. The van der Waals surface area contributed by atoms with E-state index in [2.05, 4.69) is 216 Å². The number of benzene rings is 11. The fraction of sp³-hybridized carbons (Fsp3) is 0.182. The molecule has 0 saturated heterocycles. The normalized spacial score (nSPS) is 14.9. The minimum Gasteiger partial charge on any atom is -0.310 e. The summed E-state index contributed by atoms with van der Waals surface area (Å²) < 4.78 is 0. The molecule has 0 N–H and O–H groups in total. The quantitative estimate of drug-likeness (QED) is 0.140. The summed E-state index contributed by atoms with van der Waals surface area (Å²) in [6, 6.07) is 78.2. The van der Waals surface area contributed by atoms with Gasteiger partial charge in [0.25, 0.3) is 0 Å². The lowest BCUT2D eigenvalue weighted by Crippen LogP contribution is -2.13. The van der Waals surface area contributed by atoms with Crippen molar-refractivity contribution in [2.45, 2.75) is 76.0 Å². The summed E-state index contributed by atoms with van der Waals surface area (Å²) >= 11 is 0. The van der Waals surface area contributed by atoms with Crippen molar-refractivity contribution in [2.75, 3.05) is 9.80 Å². The van der Waals surface area contributed by atoms with Gasteiger partial charge in [-0.25, -0.2) is 0 Å². The van der Waals surface area contributed by atoms with E-state index in [-0.39, 0.29) is 0 Å². The third kappa shape index (κ3) is 7.35. The first kappa shape index (κ1) is 40.8. The molecule has 0 aromatic heterocycles. The highest BCUT2D eigenvalue weighted by Crippen LogP contribution is 2.51. The second kappa shape index (κ2) is 17.3. The van der Waals surface area contributed by atoms with E-state index < -0.39 is 0 Å². The standard InChI is InChI=1S/C66H56N2/c1-3-19-49(20-4-1)65-61-37-35-59(67(55-31-27-45-15-7-11-23-51(45)39-55)56-32-28-46-16-8-12-24-52(46)40-56)43-63(61)66(50-21-5-2-6-22-50)64-44-60(36-38-62(64)65)68(57-33-29-47-17-9-13-25-53(47)41-57)58-34-30-48-18-10-14-26-54(48)42-58/h7-18,23-44,49-50H,1-6,19-22H2. The van der Waals surface area contributed by atoms with Crippen LogP contribution in [0.3, 0.4) is 0 Å². The summed E-state index contributed by atoms with van der Waals surface area (Å²) in [6.45, 7) is 0. The molecule has 0 unspecified atom stereocenters. The molecule has 2 fully saturated rings. The molecule has 0 radical (unpaired) electrons. The third-order valence-electron chi connectivity index (χ3n) is 15.7. The van der Waals surface area contributed by atoms with Crippen molar-refractivity contribution >= 4 is 98.8 Å². The minimum absolute atomic E-state index is 0.476. The highest BCUT2D eigenvalue weighted by atomic mass is 15.1. The molecule has 330 valence electrons. The second-order valence-electron chi connectivity index (χ2n) is 19.8. The van der Waals surface area contributed by atoms with E-state index >= 15 is 0 Å². The Labute approximate surface area is 400 Å². The predicted octanol–water partition coefficient (Wildman–Crippen LogP) is 19.6. The van der Waals surface area contributed by atoms with Crippen molar-refractivity contribution in [3.05, 3.63) is 217 Å². The van der Waals surface area contributed by atoms with E-state index in [0.717, 1.165) is 0 Å². The van der Waals surface area contributed by atoms with Gasteiger partial charge in [-0.3, -0.25) is 0 Å². The Morgan fingerprint density at radius 2 is 0.500 bits per heavy atom. The maximum atomic E-state index is 2.60. The summed E-state index contributed by atoms with van der Waals surface area (Å²) in [5.74, 6) is 1.00. The van der Waals surface area contributed by atoms with E-state index in [1.54, 1.807) is 11.1 Å². The smallest absolute Gasteiger partial charge is 0.0468 e. The number of fused-ring (bicyclic) bond motifs is 6. The summed E-state index contributed by atoms with van der Waals surface area (Å²) in [6.07, 6.45) is 12.7. The van der Waals surface area contributed by atoms with Gasteiger partial charge in [-0.1, -0.05) is 172 Å². The van der Waals surface area contributed by atoms with Crippen LogP contribution in [0, 0.1) is 0 Å². The molecule has 2 nitrogen and oxygen atoms in total. The topological polar surface area (TPSA) is 6.48 Å². The Bertz CT molecular complexity index is 3300. The van der Waals surface area contributed by atoms with Crippen LogP contribution in [-0.4, -0.2) is 0 Å². The molecular formula is C66H56N2. The van der Waals surface area contributed by atoms with Gasteiger partial charge in [-0.2, -0.15) is 0 Å². The van der Waals surface area contributed by atoms with E-state index in [0.29, 0.717) is 11.8 Å². The Hall–Kier alpha value is -7.42. The molecule has 0 atom stereocenters. The largest absolute Gasteiger partial charge is 0.310 e. The Morgan fingerprint density at radius 1 is 0.235 bits per heavy atom. The van der Waals surface area contributed by atoms with Crippen LogP contribution in [0.1, 0.15) is 87.2 Å². The zero-order valence-corrected chi connectivity index (χ0v) is 38.8. The molecule has 0 amide bonds. The first-order chi connectivity index (χ1) is 33.7. The molecular weight excluding hydrogens is 821 g/mol. The van der Waals surface area contributed by atoms with Crippen LogP contribution in [0.15, 0.2) is 206 Å². The van der Waals surface area contributed by atoms with Crippen LogP contribution >= 0.6 is 0 Å². The maximum absolute atomic E-state index is 2.60. The molecule has 2 aliphatic carbocycles. The van der Waals surface area contributed by atoms with Gasteiger partial charge in [-0.15, -0.1) is 0 Å². The van der Waals surface area contributed by atoms with Gasteiger partial charge < -0.3 is 9.80 Å². The van der Waals surface area contributed by atoms with E-state index in [1.807, 2.05) is 0 Å². The number of hydrogen-bond donors (Lipinski definition) is 0. The maximum Gasteiger partial charge on any atom is 0.0468 e. The van der Waals surface area contributed by atoms with Gasteiger partial charge >= 0.3 is 0 Å². The molecule has 0 heterocycles. The highest BCUT2D eigenvalue weighted by molar-refractivity contribution is 6.10. The highest BCUT2D eigenvalue weighted by Gasteiger charge is 2.29. The van der Waals surface area contributed by atoms with Crippen LogP contribution in [-0.2, 0) is 0 Å². The van der Waals surface area contributed by atoms with Crippen LogP contribution in [0.5, 0.6) is 0 Å². The summed E-state index contributed by atoms with van der Waals surface area (Å²) in [5.41, 5.74) is 10.2. The van der Waals surface area contributed by atoms with E-state index in [1.165, 1.54) is 163 Å². The van der Waals surface area contributed by atoms with Crippen LogP contribution in [0.4, 0.5) is 34.1 Å². The van der Waals surface area contributed by atoms with Crippen molar-refractivity contribution in [3.63, 3.8) is 0 Å². The van der Waals surface area contributed by atoms with Gasteiger partial charge in [0.15, 0.2) is 0 Å². The summed E-state index contributed by atoms with van der Waals surface area (Å²) in [4.78, 5) is 5.04. The molecule has 2 saturated carbocycles. The zero-order chi connectivity index (χ0) is 45.0. The lowest BCUT2D eigenvalue weighted by atomic mass is 9.74. The van der Waals surface area contributed by atoms with E-state index in [9.17, 15) is 0 Å². The lowest BCUT2D eigenvalue weighted by Gasteiger charge is -2.32.